The van der Waals surface area contributed by atoms with Crippen molar-refractivity contribution in [2.75, 3.05) is 38.1 Å². The number of fused-ring (bicyclic) bond motifs is 1. The highest BCUT2D eigenvalue weighted by molar-refractivity contribution is 7.16. The third kappa shape index (κ3) is 4.68. The standard InChI is InChI=1S/C26H29N3O5S/c1-14(2)25(31)29-10-9-16-11-17(7-8-19(16)29)22-15(3)35-26(27-22)28-24(30)18-12-20(32-4)23(34-6)21(13-18)33-5/h7-8,11-14H,9-10H2,1-6H3,(H,27,28,30). The van der Waals surface area contributed by atoms with E-state index in [4.69, 9.17) is 19.2 Å². The van der Waals surface area contributed by atoms with E-state index in [2.05, 4.69) is 11.4 Å². The number of carbonyl (C=O) groups is 2. The van der Waals surface area contributed by atoms with Crippen molar-refractivity contribution in [2.24, 2.45) is 5.92 Å². The van der Waals surface area contributed by atoms with E-state index < -0.39 is 0 Å². The number of benzene rings is 2. The average Bonchev–Trinajstić information content (AvgIpc) is 3.44. The number of hydrogen-bond donors (Lipinski definition) is 1. The van der Waals surface area contributed by atoms with E-state index in [1.807, 2.05) is 37.8 Å². The monoisotopic (exact) mass is 495 g/mol. The highest BCUT2D eigenvalue weighted by Gasteiger charge is 2.27. The molecule has 1 aromatic heterocycles. The van der Waals surface area contributed by atoms with Crippen molar-refractivity contribution in [2.45, 2.75) is 27.2 Å². The Kier molecular flexibility index (Phi) is 6.98. The molecule has 0 fully saturated rings. The van der Waals surface area contributed by atoms with Gasteiger partial charge in [-0.2, -0.15) is 0 Å². The zero-order chi connectivity index (χ0) is 25.3. The van der Waals surface area contributed by atoms with Crippen LogP contribution in [-0.2, 0) is 11.2 Å². The summed E-state index contributed by atoms with van der Waals surface area (Å²) < 4.78 is 16.0. The van der Waals surface area contributed by atoms with Crippen LogP contribution in [0.2, 0.25) is 0 Å². The molecule has 9 heteroatoms. The molecule has 0 radical (unpaired) electrons. The minimum atomic E-state index is -0.332. The topological polar surface area (TPSA) is 90.0 Å². The zero-order valence-corrected chi connectivity index (χ0v) is 21.5. The van der Waals surface area contributed by atoms with E-state index in [9.17, 15) is 9.59 Å². The van der Waals surface area contributed by atoms with E-state index in [-0.39, 0.29) is 17.7 Å². The molecule has 35 heavy (non-hydrogen) atoms. The van der Waals surface area contributed by atoms with Gasteiger partial charge in [0.05, 0.1) is 27.0 Å². The molecule has 2 heterocycles. The minimum absolute atomic E-state index is 0.0433. The first kappa shape index (κ1) is 24.5. The maximum Gasteiger partial charge on any atom is 0.257 e. The Morgan fingerprint density at radius 2 is 1.74 bits per heavy atom. The summed E-state index contributed by atoms with van der Waals surface area (Å²) in [5.41, 5.74) is 4.24. The van der Waals surface area contributed by atoms with Crippen LogP contribution in [0.3, 0.4) is 0 Å². The normalized spacial score (nSPS) is 12.5. The second-order valence-corrected chi connectivity index (χ2v) is 9.73. The molecular weight excluding hydrogens is 466 g/mol. The van der Waals surface area contributed by atoms with Gasteiger partial charge in [0.15, 0.2) is 16.6 Å². The number of amides is 2. The van der Waals surface area contributed by atoms with E-state index in [1.54, 1.807) is 12.1 Å². The third-order valence-electron chi connectivity index (χ3n) is 5.95. The number of nitrogens with one attached hydrogen (secondary N) is 1. The van der Waals surface area contributed by atoms with E-state index in [0.29, 0.717) is 34.5 Å². The summed E-state index contributed by atoms with van der Waals surface area (Å²) in [4.78, 5) is 33.0. The Labute approximate surface area is 208 Å². The molecule has 0 aliphatic carbocycles. The molecule has 0 saturated heterocycles. The van der Waals surface area contributed by atoms with Crippen molar-refractivity contribution in [3.05, 3.63) is 46.3 Å². The summed E-state index contributed by atoms with van der Waals surface area (Å²) in [5.74, 6) is 0.981. The molecule has 3 aromatic rings. The van der Waals surface area contributed by atoms with Gasteiger partial charge < -0.3 is 19.1 Å². The summed E-state index contributed by atoms with van der Waals surface area (Å²) in [6.07, 6.45) is 0.815. The maximum atomic E-state index is 13.0. The Morgan fingerprint density at radius 3 is 2.34 bits per heavy atom. The Morgan fingerprint density at radius 1 is 1.06 bits per heavy atom. The summed E-state index contributed by atoms with van der Waals surface area (Å²) >= 11 is 1.41. The number of hydrogen-bond acceptors (Lipinski definition) is 7. The number of methoxy groups -OCH3 is 3. The van der Waals surface area contributed by atoms with Crippen LogP contribution in [0.25, 0.3) is 11.3 Å². The largest absolute Gasteiger partial charge is 0.493 e. The van der Waals surface area contributed by atoms with Crippen molar-refractivity contribution in [1.29, 1.82) is 0 Å². The van der Waals surface area contributed by atoms with Gasteiger partial charge in [-0.1, -0.05) is 19.9 Å². The smallest absolute Gasteiger partial charge is 0.257 e. The number of ether oxygens (including phenoxy) is 3. The van der Waals surface area contributed by atoms with E-state index in [0.717, 1.165) is 33.8 Å². The fourth-order valence-electron chi connectivity index (χ4n) is 4.19. The molecule has 1 N–H and O–H groups in total. The average molecular weight is 496 g/mol. The Bertz CT molecular complexity index is 1260. The molecule has 2 aromatic carbocycles. The lowest BCUT2D eigenvalue weighted by molar-refractivity contribution is -0.121. The van der Waals surface area contributed by atoms with Crippen molar-refractivity contribution in [1.82, 2.24) is 4.98 Å². The molecule has 0 unspecified atom stereocenters. The molecule has 0 saturated carbocycles. The first-order valence-corrected chi connectivity index (χ1v) is 12.1. The van der Waals surface area contributed by atoms with Crippen LogP contribution in [0.4, 0.5) is 10.8 Å². The predicted molar refractivity (Wildman–Crippen MR) is 137 cm³/mol. The van der Waals surface area contributed by atoms with Gasteiger partial charge >= 0.3 is 0 Å². The summed E-state index contributed by atoms with van der Waals surface area (Å²) in [6, 6.07) is 9.27. The van der Waals surface area contributed by atoms with Crippen LogP contribution in [0.5, 0.6) is 17.2 Å². The Balaban J connectivity index is 1.57. The van der Waals surface area contributed by atoms with Crippen LogP contribution >= 0.6 is 11.3 Å². The highest BCUT2D eigenvalue weighted by Crippen LogP contribution is 2.39. The predicted octanol–water partition coefficient (Wildman–Crippen LogP) is 4.94. The second kappa shape index (κ2) is 9.95. The summed E-state index contributed by atoms with van der Waals surface area (Å²) in [5, 5.41) is 3.37. The van der Waals surface area contributed by atoms with Crippen molar-refractivity contribution < 1.29 is 23.8 Å². The van der Waals surface area contributed by atoms with Gasteiger partial charge in [0.2, 0.25) is 11.7 Å². The van der Waals surface area contributed by atoms with Crippen LogP contribution in [0, 0.1) is 12.8 Å². The van der Waals surface area contributed by atoms with Gasteiger partial charge in [-0.3, -0.25) is 14.9 Å². The lowest BCUT2D eigenvalue weighted by Gasteiger charge is -2.19. The summed E-state index contributed by atoms with van der Waals surface area (Å²) in [6.45, 7) is 6.51. The van der Waals surface area contributed by atoms with Gasteiger partial charge in [-0.25, -0.2) is 4.98 Å². The molecule has 8 nitrogen and oxygen atoms in total. The highest BCUT2D eigenvalue weighted by atomic mass is 32.1. The van der Waals surface area contributed by atoms with Gasteiger partial charge in [0, 0.05) is 34.2 Å². The maximum absolute atomic E-state index is 13.0. The van der Waals surface area contributed by atoms with Gasteiger partial charge in [-0.15, -0.1) is 11.3 Å². The third-order valence-corrected chi connectivity index (χ3v) is 6.84. The van der Waals surface area contributed by atoms with Crippen LogP contribution in [0.15, 0.2) is 30.3 Å². The van der Waals surface area contributed by atoms with Crippen LogP contribution in [0.1, 0.15) is 34.6 Å². The van der Waals surface area contributed by atoms with Crippen LogP contribution < -0.4 is 24.4 Å². The number of aryl methyl sites for hydroxylation is 1. The number of thiazole rings is 1. The number of aromatic nitrogens is 1. The summed E-state index contributed by atoms with van der Waals surface area (Å²) in [7, 11) is 4.52. The molecule has 4 rings (SSSR count). The molecule has 0 bridgehead atoms. The van der Waals surface area contributed by atoms with Crippen LogP contribution in [-0.4, -0.2) is 44.7 Å². The van der Waals surface area contributed by atoms with Crippen molar-refractivity contribution >= 4 is 34.0 Å². The van der Waals surface area contributed by atoms with Gasteiger partial charge in [0.1, 0.15) is 0 Å². The fourth-order valence-corrected chi connectivity index (χ4v) is 5.02. The van der Waals surface area contributed by atoms with Crippen molar-refractivity contribution in [3.8, 4) is 28.5 Å². The zero-order valence-electron chi connectivity index (χ0n) is 20.7. The number of carbonyl (C=O) groups excluding carboxylic acids is 2. The Hall–Kier alpha value is -3.59. The fraction of sp³-hybridized carbons (Fsp3) is 0.346. The minimum Gasteiger partial charge on any atom is -0.493 e. The lowest BCUT2D eigenvalue weighted by atomic mass is 10.1. The SMILES string of the molecule is COc1cc(C(=O)Nc2nc(-c3ccc4c(c3)CCN4C(=O)C(C)C)c(C)s2)cc(OC)c1OC. The molecular formula is C26H29N3O5S. The molecule has 0 atom stereocenters. The van der Waals surface area contributed by atoms with Crippen molar-refractivity contribution in [3.63, 3.8) is 0 Å². The van der Waals surface area contributed by atoms with Gasteiger partial charge in [-0.05, 0) is 43.2 Å². The molecule has 1 aliphatic rings. The quantitative estimate of drug-likeness (QED) is 0.499. The second-order valence-electron chi connectivity index (χ2n) is 8.53. The number of nitrogens with zero attached hydrogens (tertiary/aromatic N) is 2. The molecule has 2 amide bonds. The van der Waals surface area contributed by atoms with E-state index in [1.165, 1.54) is 32.7 Å². The van der Waals surface area contributed by atoms with E-state index >= 15 is 0 Å². The lowest BCUT2D eigenvalue weighted by Crippen LogP contribution is -2.32. The first-order valence-electron chi connectivity index (χ1n) is 11.3. The molecule has 1 aliphatic heterocycles. The molecule has 0 spiro atoms. The number of anilines is 2. The van der Waals surface area contributed by atoms with Gasteiger partial charge in [0.25, 0.3) is 5.91 Å². The number of rotatable bonds is 7. The molecule has 184 valence electrons. The first-order chi connectivity index (χ1) is 16.8.